The number of esters is 1. The highest BCUT2D eigenvalue weighted by Gasteiger charge is 2.36. The van der Waals surface area contributed by atoms with Crippen molar-refractivity contribution in [2.45, 2.75) is 25.8 Å². The van der Waals surface area contributed by atoms with Crippen molar-refractivity contribution in [2.75, 3.05) is 13.7 Å². The summed E-state index contributed by atoms with van der Waals surface area (Å²) in [5, 5.41) is 1.96. The molecular formula is C12H15NO3S. The molecule has 1 aliphatic heterocycles. The number of methoxy groups -OCH3 is 1. The van der Waals surface area contributed by atoms with Gasteiger partial charge in [0, 0.05) is 17.8 Å². The third kappa shape index (κ3) is 2.07. The fourth-order valence-corrected chi connectivity index (χ4v) is 3.06. The van der Waals surface area contributed by atoms with E-state index in [0.29, 0.717) is 13.0 Å². The lowest BCUT2D eigenvalue weighted by Gasteiger charge is -2.33. The van der Waals surface area contributed by atoms with Crippen LogP contribution in [0.5, 0.6) is 0 Å². The summed E-state index contributed by atoms with van der Waals surface area (Å²) < 4.78 is 4.81. The molecule has 1 atom stereocenters. The van der Waals surface area contributed by atoms with Gasteiger partial charge in [0.25, 0.3) is 0 Å². The molecule has 0 fully saturated rings. The zero-order valence-electron chi connectivity index (χ0n) is 9.93. The van der Waals surface area contributed by atoms with E-state index in [1.807, 2.05) is 11.4 Å². The largest absolute Gasteiger partial charge is 0.467 e. The Labute approximate surface area is 104 Å². The number of carbonyl (C=O) groups is 2. The molecule has 92 valence electrons. The van der Waals surface area contributed by atoms with Gasteiger partial charge in [-0.2, -0.15) is 0 Å². The van der Waals surface area contributed by atoms with Crippen molar-refractivity contribution in [3.05, 3.63) is 21.9 Å². The summed E-state index contributed by atoms with van der Waals surface area (Å²) in [7, 11) is 1.36. The highest BCUT2D eigenvalue weighted by Crippen LogP contribution is 2.34. The Balaban J connectivity index is 2.37. The van der Waals surface area contributed by atoms with Crippen molar-refractivity contribution in [2.24, 2.45) is 0 Å². The van der Waals surface area contributed by atoms with E-state index in [4.69, 9.17) is 4.74 Å². The molecular weight excluding hydrogens is 238 g/mol. The molecule has 0 radical (unpaired) electrons. The molecule has 4 nitrogen and oxygen atoms in total. The van der Waals surface area contributed by atoms with Crippen molar-refractivity contribution < 1.29 is 14.3 Å². The summed E-state index contributed by atoms with van der Waals surface area (Å²) in [5.74, 6) is -0.358. The molecule has 1 aromatic rings. The minimum atomic E-state index is -0.553. The van der Waals surface area contributed by atoms with Gasteiger partial charge in [-0.15, -0.1) is 11.3 Å². The van der Waals surface area contributed by atoms with Crippen LogP contribution >= 0.6 is 11.3 Å². The first-order valence-corrected chi connectivity index (χ1v) is 6.50. The summed E-state index contributed by atoms with van der Waals surface area (Å²) >= 11 is 1.63. The number of rotatable bonds is 2. The lowest BCUT2D eigenvalue weighted by Crippen LogP contribution is -2.43. The number of carbonyl (C=O) groups excluding carboxylic acids is 2. The second-order valence-electron chi connectivity index (χ2n) is 3.92. The van der Waals surface area contributed by atoms with Gasteiger partial charge in [-0.05, 0) is 23.4 Å². The van der Waals surface area contributed by atoms with Crippen molar-refractivity contribution >= 4 is 23.2 Å². The minimum Gasteiger partial charge on any atom is -0.467 e. The third-order valence-corrected chi connectivity index (χ3v) is 4.01. The molecule has 2 heterocycles. The van der Waals surface area contributed by atoms with E-state index in [1.54, 1.807) is 23.2 Å². The molecule has 0 bridgehead atoms. The highest BCUT2D eigenvalue weighted by molar-refractivity contribution is 7.10. The summed E-state index contributed by atoms with van der Waals surface area (Å²) in [6.45, 7) is 2.40. The Morgan fingerprint density at radius 2 is 2.35 bits per heavy atom. The number of fused-ring (bicyclic) bond motifs is 1. The molecule has 0 N–H and O–H groups in total. The Morgan fingerprint density at radius 1 is 1.59 bits per heavy atom. The lowest BCUT2D eigenvalue weighted by atomic mass is 9.99. The van der Waals surface area contributed by atoms with Crippen LogP contribution in [-0.2, 0) is 20.7 Å². The summed E-state index contributed by atoms with van der Waals surface area (Å²) in [6.07, 6.45) is 1.24. The molecule has 1 unspecified atom stereocenters. The van der Waals surface area contributed by atoms with Crippen LogP contribution in [0.1, 0.15) is 29.8 Å². The van der Waals surface area contributed by atoms with Gasteiger partial charge in [0.1, 0.15) is 0 Å². The quantitative estimate of drug-likeness (QED) is 0.754. The molecule has 0 aromatic carbocycles. The van der Waals surface area contributed by atoms with Crippen LogP contribution < -0.4 is 0 Å². The maximum Gasteiger partial charge on any atom is 0.333 e. The number of ether oxygens (including phenoxy) is 1. The molecule has 17 heavy (non-hydrogen) atoms. The molecule has 1 amide bonds. The van der Waals surface area contributed by atoms with Gasteiger partial charge >= 0.3 is 5.97 Å². The minimum absolute atomic E-state index is 0.00255. The maximum absolute atomic E-state index is 11.9. The Morgan fingerprint density at radius 3 is 3.00 bits per heavy atom. The zero-order chi connectivity index (χ0) is 12.4. The Hall–Kier alpha value is -1.36. The van der Waals surface area contributed by atoms with Crippen LogP contribution in [0.4, 0.5) is 0 Å². The molecule has 0 spiro atoms. The number of hydrogen-bond donors (Lipinski definition) is 0. The van der Waals surface area contributed by atoms with Gasteiger partial charge in [0.05, 0.1) is 7.11 Å². The summed E-state index contributed by atoms with van der Waals surface area (Å²) in [6, 6.07) is 1.36. The van der Waals surface area contributed by atoms with Crippen LogP contribution in [0.15, 0.2) is 11.4 Å². The second kappa shape index (κ2) is 4.87. The first kappa shape index (κ1) is 12.1. The van der Waals surface area contributed by atoms with Gasteiger partial charge in [0.15, 0.2) is 6.04 Å². The Bertz CT molecular complexity index is 441. The normalized spacial score (nSPS) is 18.7. The smallest absolute Gasteiger partial charge is 0.333 e. The van der Waals surface area contributed by atoms with E-state index >= 15 is 0 Å². The van der Waals surface area contributed by atoms with Crippen LogP contribution in [0, 0.1) is 0 Å². The number of thiophene rings is 1. The highest BCUT2D eigenvalue weighted by atomic mass is 32.1. The van der Waals surface area contributed by atoms with Gasteiger partial charge in [-0.25, -0.2) is 4.79 Å². The van der Waals surface area contributed by atoms with E-state index in [2.05, 4.69) is 0 Å². The number of hydrogen-bond acceptors (Lipinski definition) is 4. The average Bonchev–Trinajstić information content (AvgIpc) is 2.83. The van der Waals surface area contributed by atoms with E-state index in [1.165, 1.54) is 12.0 Å². The predicted molar refractivity (Wildman–Crippen MR) is 64.8 cm³/mol. The fraction of sp³-hybridized carbons (Fsp3) is 0.500. The molecule has 0 aliphatic carbocycles. The third-order valence-electron chi connectivity index (χ3n) is 3.01. The summed E-state index contributed by atoms with van der Waals surface area (Å²) in [4.78, 5) is 26.5. The van der Waals surface area contributed by atoms with Crippen molar-refractivity contribution in [1.82, 2.24) is 4.90 Å². The molecule has 2 rings (SSSR count). The van der Waals surface area contributed by atoms with Gasteiger partial charge < -0.3 is 9.64 Å². The fourth-order valence-electron chi connectivity index (χ4n) is 2.15. The van der Waals surface area contributed by atoms with Crippen molar-refractivity contribution in [1.29, 1.82) is 0 Å². The molecule has 5 heteroatoms. The maximum atomic E-state index is 11.9. The first-order valence-electron chi connectivity index (χ1n) is 5.62. The number of amides is 1. The van der Waals surface area contributed by atoms with Gasteiger partial charge in [0.2, 0.25) is 5.91 Å². The molecule has 1 aromatic heterocycles. The Kier molecular flexibility index (Phi) is 3.47. The van der Waals surface area contributed by atoms with E-state index in [9.17, 15) is 9.59 Å². The van der Waals surface area contributed by atoms with E-state index in [-0.39, 0.29) is 11.9 Å². The topological polar surface area (TPSA) is 46.6 Å². The van der Waals surface area contributed by atoms with Crippen LogP contribution in [0.25, 0.3) is 0 Å². The number of nitrogens with zero attached hydrogens (tertiary/aromatic N) is 1. The molecule has 1 aliphatic rings. The van der Waals surface area contributed by atoms with E-state index in [0.717, 1.165) is 12.0 Å². The molecule has 0 saturated heterocycles. The first-order chi connectivity index (χ1) is 8.19. The van der Waals surface area contributed by atoms with Crippen LogP contribution in [0.2, 0.25) is 0 Å². The monoisotopic (exact) mass is 253 g/mol. The van der Waals surface area contributed by atoms with Crippen LogP contribution in [0.3, 0.4) is 0 Å². The van der Waals surface area contributed by atoms with Gasteiger partial charge in [-0.1, -0.05) is 6.92 Å². The van der Waals surface area contributed by atoms with Crippen molar-refractivity contribution in [3.63, 3.8) is 0 Å². The predicted octanol–water partition coefficient (Wildman–Crippen LogP) is 1.76. The SMILES string of the molecule is CCC(=O)N1CCc2sccc2C1C(=O)OC. The summed E-state index contributed by atoms with van der Waals surface area (Å²) in [5.41, 5.74) is 0.926. The molecule has 0 saturated carbocycles. The van der Waals surface area contributed by atoms with Crippen LogP contribution in [-0.4, -0.2) is 30.4 Å². The van der Waals surface area contributed by atoms with Gasteiger partial charge in [-0.3, -0.25) is 4.79 Å². The zero-order valence-corrected chi connectivity index (χ0v) is 10.8. The second-order valence-corrected chi connectivity index (χ2v) is 4.92. The van der Waals surface area contributed by atoms with Crippen molar-refractivity contribution in [3.8, 4) is 0 Å². The van der Waals surface area contributed by atoms with E-state index < -0.39 is 6.04 Å². The lowest BCUT2D eigenvalue weighted by molar-refractivity contribution is -0.153. The average molecular weight is 253 g/mol. The standard InChI is InChI=1S/C12H15NO3S/c1-3-10(14)13-6-4-9-8(5-7-17-9)11(13)12(15)16-2/h5,7,11H,3-4,6H2,1-2H3.